The van der Waals surface area contributed by atoms with Crippen LogP contribution in [0.1, 0.15) is 23.6 Å². The maximum Gasteiger partial charge on any atom is 0.416 e. The van der Waals surface area contributed by atoms with Gasteiger partial charge in [0.2, 0.25) is 0 Å². The van der Waals surface area contributed by atoms with Gasteiger partial charge in [-0.2, -0.15) is 13.2 Å². The minimum absolute atomic E-state index is 0.00332. The Labute approximate surface area is 154 Å². The van der Waals surface area contributed by atoms with Crippen LogP contribution in [0.25, 0.3) is 0 Å². The first-order valence-electron chi connectivity index (χ1n) is 8.22. The van der Waals surface area contributed by atoms with Crippen LogP contribution in [0, 0.1) is 10.1 Å². The Morgan fingerprint density at radius 2 is 1.78 bits per heavy atom. The molecular formula is C18H19F3N4O2. The molecular weight excluding hydrogens is 361 g/mol. The van der Waals surface area contributed by atoms with Gasteiger partial charge in [-0.1, -0.05) is 30.3 Å². The SMILES string of the molecule is CCNC(=NCc1ccc(C(F)(F)F)cc1)NCc1ccccc1[N+](=O)[O-]. The zero-order valence-electron chi connectivity index (χ0n) is 14.6. The van der Waals surface area contributed by atoms with Gasteiger partial charge in [-0.15, -0.1) is 0 Å². The molecule has 0 aliphatic carbocycles. The minimum Gasteiger partial charge on any atom is -0.357 e. The molecule has 6 nitrogen and oxygen atoms in total. The molecule has 0 heterocycles. The van der Waals surface area contributed by atoms with Crippen LogP contribution in [0.5, 0.6) is 0 Å². The van der Waals surface area contributed by atoms with Crippen LogP contribution in [0.3, 0.4) is 0 Å². The molecule has 0 bridgehead atoms. The van der Waals surface area contributed by atoms with Crippen molar-refractivity contribution in [2.45, 2.75) is 26.2 Å². The van der Waals surface area contributed by atoms with Gasteiger partial charge in [0.15, 0.2) is 5.96 Å². The van der Waals surface area contributed by atoms with Gasteiger partial charge in [0.25, 0.3) is 5.69 Å². The minimum atomic E-state index is -4.37. The van der Waals surface area contributed by atoms with Crippen molar-refractivity contribution < 1.29 is 18.1 Å². The standard InChI is InChI=1S/C18H19F3N4O2/c1-2-22-17(24-12-14-5-3-4-6-16(14)25(26)27)23-11-13-7-9-15(10-8-13)18(19,20)21/h3-10H,2,11-12H2,1H3,(H2,22,23,24). The Morgan fingerprint density at radius 1 is 1.11 bits per heavy atom. The first kappa shape index (κ1) is 20.2. The van der Waals surface area contributed by atoms with Gasteiger partial charge in [-0.3, -0.25) is 10.1 Å². The lowest BCUT2D eigenvalue weighted by atomic mass is 10.1. The molecule has 27 heavy (non-hydrogen) atoms. The van der Waals surface area contributed by atoms with E-state index in [4.69, 9.17) is 0 Å². The summed E-state index contributed by atoms with van der Waals surface area (Å²) in [5.74, 6) is 0.413. The largest absolute Gasteiger partial charge is 0.416 e. The van der Waals surface area contributed by atoms with E-state index in [1.54, 1.807) is 18.2 Å². The van der Waals surface area contributed by atoms with Crippen molar-refractivity contribution in [1.82, 2.24) is 10.6 Å². The van der Waals surface area contributed by atoms with Crippen LogP contribution in [0.4, 0.5) is 18.9 Å². The molecule has 144 valence electrons. The topological polar surface area (TPSA) is 79.6 Å². The van der Waals surface area contributed by atoms with Gasteiger partial charge in [-0.05, 0) is 24.6 Å². The lowest BCUT2D eigenvalue weighted by molar-refractivity contribution is -0.385. The fraction of sp³-hybridized carbons (Fsp3) is 0.278. The Bertz CT molecular complexity index is 805. The quantitative estimate of drug-likeness (QED) is 0.345. The molecule has 0 atom stereocenters. The number of aliphatic imine (C=N–C) groups is 1. The van der Waals surface area contributed by atoms with Crippen molar-refractivity contribution in [3.8, 4) is 0 Å². The lowest BCUT2D eigenvalue weighted by Crippen LogP contribution is -2.36. The summed E-state index contributed by atoms with van der Waals surface area (Å²) in [5.41, 5.74) is 0.411. The molecule has 0 radical (unpaired) electrons. The second-order valence-corrected chi connectivity index (χ2v) is 5.63. The molecule has 0 aliphatic rings. The smallest absolute Gasteiger partial charge is 0.357 e. The Kier molecular flexibility index (Phi) is 6.75. The van der Waals surface area contributed by atoms with Gasteiger partial charge in [-0.25, -0.2) is 4.99 Å². The van der Waals surface area contributed by atoms with Gasteiger partial charge in [0.05, 0.1) is 17.0 Å². The van der Waals surface area contributed by atoms with Gasteiger partial charge >= 0.3 is 6.18 Å². The summed E-state index contributed by atoms with van der Waals surface area (Å²) in [7, 11) is 0. The fourth-order valence-electron chi connectivity index (χ4n) is 2.33. The molecule has 0 saturated heterocycles. The second kappa shape index (κ2) is 9.02. The maximum absolute atomic E-state index is 12.6. The molecule has 2 rings (SSSR count). The van der Waals surface area contributed by atoms with Crippen LogP contribution in [0.2, 0.25) is 0 Å². The van der Waals surface area contributed by atoms with Gasteiger partial charge in [0.1, 0.15) is 0 Å². The van der Waals surface area contributed by atoms with Gasteiger partial charge < -0.3 is 10.6 Å². The summed E-state index contributed by atoms with van der Waals surface area (Å²) in [6.45, 7) is 2.79. The molecule has 9 heteroatoms. The van der Waals surface area contributed by atoms with E-state index in [1.165, 1.54) is 18.2 Å². The zero-order chi connectivity index (χ0) is 19.9. The zero-order valence-corrected chi connectivity index (χ0v) is 14.6. The van der Waals surface area contributed by atoms with Crippen LogP contribution in [-0.2, 0) is 19.3 Å². The van der Waals surface area contributed by atoms with E-state index in [1.807, 2.05) is 6.92 Å². The highest BCUT2D eigenvalue weighted by Gasteiger charge is 2.29. The number of benzene rings is 2. The Morgan fingerprint density at radius 3 is 2.37 bits per heavy atom. The second-order valence-electron chi connectivity index (χ2n) is 5.63. The first-order chi connectivity index (χ1) is 12.8. The molecule has 0 aromatic heterocycles. The summed E-state index contributed by atoms with van der Waals surface area (Å²) in [6.07, 6.45) is -4.37. The molecule has 2 aromatic rings. The molecule has 2 N–H and O–H groups in total. The average molecular weight is 380 g/mol. The summed E-state index contributed by atoms with van der Waals surface area (Å²) in [6, 6.07) is 11.1. The van der Waals surface area contributed by atoms with E-state index >= 15 is 0 Å². The van der Waals surface area contributed by atoms with Crippen LogP contribution < -0.4 is 10.6 Å². The summed E-state index contributed by atoms with van der Waals surface area (Å²) in [5, 5.41) is 17.0. The lowest BCUT2D eigenvalue weighted by Gasteiger charge is -2.12. The molecule has 0 amide bonds. The summed E-state index contributed by atoms with van der Waals surface area (Å²) >= 11 is 0. The van der Waals surface area contributed by atoms with E-state index < -0.39 is 16.7 Å². The van der Waals surface area contributed by atoms with Crippen molar-refractivity contribution in [2.75, 3.05) is 6.54 Å². The van der Waals surface area contributed by atoms with Crippen LogP contribution >= 0.6 is 0 Å². The third-order valence-electron chi connectivity index (χ3n) is 3.68. The van der Waals surface area contributed by atoms with Crippen LogP contribution in [0.15, 0.2) is 53.5 Å². The Balaban J connectivity index is 2.05. The number of rotatable bonds is 6. The van der Waals surface area contributed by atoms with Crippen molar-refractivity contribution in [1.29, 1.82) is 0 Å². The van der Waals surface area contributed by atoms with Crippen molar-refractivity contribution in [3.63, 3.8) is 0 Å². The normalized spacial score (nSPS) is 11.9. The highest BCUT2D eigenvalue weighted by atomic mass is 19.4. The predicted octanol–water partition coefficient (Wildman–Crippen LogP) is 3.87. The van der Waals surface area contributed by atoms with Crippen molar-refractivity contribution in [2.24, 2.45) is 4.99 Å². The molecule has 0 aliphatic heterocycles. The number of nitro benzene ring substituents is 1. The number of hydrogen-bond acceptors (Lipinski definition) is 3. The number of para-hydroxylation sites is 1. The number of halogens is 3. The first-order valence-corrected chi connectivity index (χ1v) is 8.22. The fourth-order valence-corrected chi connectivity index (χ4v) is 2.33. The number of nitrogens with zero attached hydrogens (tertiary/aromatic N) is 2. The highest BCUT2D eigenvalue weighted by Crippen LogP contribution is 2.29. The monoisotopic (exact) mass is 380 g/mol. The Hall–Kier alpha value is -3.10. The molecule has 0 unspecified atom stereocenters. The predicted molar refractivity (Wildman–Crippen MR) is 96.2 cm³/mol. The number of alkyl halides is 3. The van der Waals surface area contributed by atoms with E-state index in [0.717, 1.165) is 12.1 Å². The van der Waals surface area contributed by atoms with Gasteiger partial charge in [0, 0.05) is 24.7 Å². The number of nitro groups is 1. The maximum atomic E-state index is 12.6. The molecule has 2 aromatic carbocycles. The van der Waals surface area contributed by atoms with Crippen molar-refractivity contribution in [3.05, 3.63) is 75.3 Å². The third kappa shape index (κ3) is 5.98. The average Bonchev–Trinajstić information content (AvgIpc) is 2.63. The highest BCUT2D eigenvalue weighted by molar-refractivity contribution is 5.79. The number of hydrogen-bond donors (Lipinski definition) is 2. The third-order valence-corrected chi connectivity index (χ3v) is 3.68. The van der Waals surface area contributed by atoms with E-state index in [2.05, 4.69) is 15.6 Å². The number of nitrogens with one attached hydrogen (secondary N) is 2. The van der Waals surface area contributed by atoms with Crippen molar-refractivity contribution >= 4 is 11.6 Å². The van der Waals surface area contributed by atoms with E-state index in [-0.39, 0.29) is 18.8 Å². The molecule has 0 spiro atoms. The van der Waals surface area contributed by atoms with E-state index in [0.29, 0.717) is 23.6 Å². The number of guanidine groups is 1. The molecule has 0 saturated carbocycles. The van der Waals surface area contributed by atoms with Crippen LogP contribution in [-0.4, -0.2) is 17.4 Å². The summed E-state index contributed by atoms with van der Waals surface area (Å²) in [4.78, 5) is 14.9. The summed E-state index contributed by atoms with van der Waals surface area (Å²) < 4.78 is 37.8. The van der Waals surface area contributed by atoms with E-state index in [9.17, 15) is 23.3 Å². The molecule has 0 fully saturated rings.